The maximum Gasteiger partial charge on any atom is 0.244 e. The van der Waals surface area contributed by atoms with Crippen molar-refractivity contribution >= 4 is 5.91 Å². The van der Waals surface area contributed by atoms with Gasteiger partial charge in [-0.05, 0) is 19.8 Å². The highest BCUT2D eigenvalue weighted by atomic mass is 16.1. The van der Waals surface area contributed by atoms with Crippen LogP contribution in [-0.4, -0.2) is 5.91 Å². The predicted octanol–water partition coefficient (Wildman–Crippen LogP) is 4.11. The van der Waals surface area contributed by atoms with Crippen molar-refractivity contribution in [1.29, 1.82) is 0 Å². The Hall–Kier alpha value is -0.830. The number of nitrogens with two attached hydrogens (primary N) is 1. The Bertz CT molecular complexity index is 212. The number of rotatable bonds is 10. The standard InChI is InChI=1S/C14H27NO.H3N/c1-3-4-5-6-7-8-9-10-11-12-13(2)14(15)16;/h12H,3-11H2,1-2H3,(H2,15,16);1H3. The summed E-state index contributed by atoms with van der Waals surface area (Å²) in [5.74, 6) is -0.292. The summed E-state index contributed by atoms with van der Waals surface area (Å²) < 4.78 is 0. The number of unbranched alkanes of at least 4 members (excludes halogenated alkanes) is 8. The highest BCUT2D eigenvalue weighted by Crippen LogP contribution is 2.10. The zero-order chi connectivity index (χ0) is 12.2. The molecule has 0 heterocycles. The summed E-state index contributed by atoms with van der Waals surface area (Å²) in [7, 11) is 0. The molecule has 0 aromatic heterocycles. The fraction of sp³-hybridized carbons (Fsp3) is 0.786. The van der Waals surface area contributed by atoms with E-state index in [1.165, 1.54) is 51.4 Å². The highest BCUT2D eigenvalue weighted by molar-refractivity contribution is 5.91. The molecule has 0 unspecified atom stereocenters. The van der Waals surface area contributed by atoms with E-state index in [1.807, 2.05) is 6.08 Å². The third-order valence-corrected chi connectivity index (χ3v) is 2.90. The molecule has 0 fully saturated rings. The second-order valence-corrected chi connectivity index (χ2v) is 4.51. The number of allylic oxidation sites excluding steroid dienone is 1. The van der Waals surface area contributed by atoms with E-state index in [1.54, 1.807) is 6.92 Å². The van der Waals surface area contributed by atoms with Gasteiger partial charge in [0.25, 0.3) is 0 Å². The van der Waals surface area contributed by atoms with Crippen LogP contribution in [-0.2, 0) is 4.79 Å². The SMILES string of the molecule is CCCCCCCCCCC=C(C)C(N)=O.N. The molecule has 5 N–H and O–H groups in total. The molecule has 0 rings (SSSR count). The molecule has 0 bridgehead atoms. The lowest BCUT2D eigenvalue weighted by Crippen LogP contribution is -2.11. The minimum absolute atomic E-state index is 0. The Morgan fingerprint density at radius 1 is 1.00 bits per heavy atom. The Morgan fingerprint density at radius 2 is 1.47 bits per heavy atom. The molecule has 0 atom stereocenters. The van der Waals surface area contributed by atoms with Crippen LogP contribution in [0.2, 0.25) is 0 Å². The van der Waals surface area contributed by atoms with E-state index in [0.717, 1.165) is 6.42 Å². The van der Waals surface area contributed by atoms with Gasteiger partial charge in [-0.15, -0.1) is 0 Å². The molecule has 0 saturated carbocycles. The summed E-state index contributed by atoms with van der Waals surface area (Å²) >= 11 is 0. The van der Waals surface area contributed by atoms with Gasteiger partial charge >= 0.3 is 0 Å². The largest absolute Gasteiger partial charge is 0.366 e. The average Bonchev–Trinajstić information content (AvgIpc) is 2.26. The fourth-order valence-electron chi connectivity index (χ4n) is 1.70. The zero-order valence-corrected chi connectivity index (χ0v) is 11.6. The molecule has 0 aliphatic heterocycles. The van der Waals surface area contributed by atoms with Crippen molar-refractivity contribution in [2.45, 2.75) is 71.6 Å². The van der Waals surface area contributed by atoms with Crippen molar-refractivity contribution in [3.8, 4) is 0 Å². The summed E-state index contributed by atoms with van der Waals surface area (Å²) in [4.78, 5) is 10.7. The number of carbonyl (C=O) groups is 1. The summed E-state index contributed by atoms with van der Waals surface area (Å²) in [5, 5.41) is 0. The predicted molar refractivity (Wildman–Crippen MR) is 75.2 cm³/mol. The molecule has 0 saturated heterocycles. The van der Waals surface area contributed by atoms with E-state index in [-0.39, 0.29) is 12.1 Å². The van der Waals surface area contributed by atoms with Crippen molar-refractivity contribution in [1.82, 2.24) is 6.15 Å². The van der Waals surface area contributed by atoms with Gasteiger partial charge in [0, 0.05) is 5.57 Å². The van der Waals surface area contributed by atoms with Gasteiger partial charge in [0.2, 0.25) is 5.91 Å². The van der Waals surface area contributed by atoms with Gasteiger partial charge in [0.1, 0.15) is 0 Å². The monoisotopic (exact) mass is 242 g/mol. The molecule has 102 valence electrons. The molecule has 3 heteroatoms. The smallest absolute Gasteiger partial charge is 0.244 e. The normalized spacial score (nSPS) is 11.1. The lowest BCUT2D eigenvalue weighted by Gasteiger charge is -2.00. The van der Waals surface area contributed by atoms with Crippen LogP contribution in [0.1, 0.15) is 71.6 Å². The van der Waals surface area contributed by atoms with Crippen LogP contribution in [0.5, 0.6) is 0 Å². The van der Waals surface area contributed by atoms with Gasteiger partial charge in [-0.2, -0.15) is 0 Å². The number of carbonyl (C=O) groups excluding carboxylic acids is 1. The van der Waals surface area contributed by atoms with Crippen LogP contribution >= 0.6 is 0 Å². The van der Waals surface area contributed by atoms with Gasteiger partial charge < -0.3 is 11.9 Å². The minimum Gasteiger partial charge on any atom is -0.366 e. The van der Waals surface area contributed by atoms with Crippen LogP contribution < -0.4 is 11.9 Å². The molecular formula is C14H30N2O. The minimum atomic E-state index is -0.292. The van der Waals surface area contributed by atoms with E-state index < -0.39 is 0 Å². The Balaban J connectivity index is 0. The quantitative estimate of drug-likeness (QED) is 0.446. The lowest BCUT2D eigenvalue weighted by molar-refractivity contribution is -0.114. The van der Waals surface area contributed by atoms with E-state index in [2.05, 4.69) is 6.92 Å². The highest BCUT2D eigenvalue weighted by Gasteiger charge is 1.95. The Labute approximate surface area is 106 Å². The van der Waals surface area contributed by atoms with Crippen molar-refractivity contribution < 1.29 is 4.79 Å². The first-order chi connectivity index (χ1) is 7.68. The Morgan fingerprint density at radius 3 is 1.94 bits per heavy atom. The number of hydrogen-bond acceptors (Lipinski definition) is 2. The molecular weight excluding hydrogens is 212 g/mol. The molecule has 0 aromatic carbocycles. The summed E-state index contributed by atoms with van der Waals surface area (Å²) in [5.41, 5.74) is 5.83. The van der Waals surface area contributed by atoms with E-state index in [4.69, 9.17) is 5.73 Å². The third-order valence-electron chi connectivity index (χ3n) is 2.90. The van der Waals surface area contributed by atoms with E-state index in [9.17, 15) is 4.79 Å². The fourth-order valence-corrected chi connectivity index (χ4v) is 1.70. The first kappa shape index (κ1) is 18.5. The third kappa shape index (κ3) is 13.1. The van der Waals surface area contributed by atoms with Crippen LogP contribution in [0.15, 0.2) is 11.6 Å². The first-order valence-corrected chi connectivity index (χ1v) is 6.65. The summed E-state index contributed by atoms with van der Waals surface area (Å²) in [6.07, 6.45) is 13.5. The van der Waals surface area contributed by atoms with Gasteiger partial charge in [0.15, 0.2) is 0 Å². The molecule has 0 spiro atoms. The number of primary amides is 1. The Kier molecular flexibility index (Phi) is 14.4. The van der Waals surface area contributed by atoms with Crippen molar-refractivity contribution in [3.05, 3.63) is 11.6 Å². The number of amides is 1. The molecule has 3 nitrogen and oxygen atoms in total. The van der Waals surface area contributed by atoms with Gasteiger partial charge in [-0.3, -0.25) is 4.79 Å². The van der Waals surface area contributed by atoms with Crippen LogP contribution in [0.25, 0.3) is 0 Å². The molecule has 1 amide bonds. The molecule has 17 heavy (non-hydrogen) atoms. The zero-order valence-electron chi connectivity index (χ0n) is 11.6. The van der Waals surface area contributed by atoms with E-state index in [0.29, 0.717) is 5.57 Å². The van der Waals surface area contributed by atoms with Gasteiger partial charge in [-0.1, -0.05) is 57.9 Å². The topological polar surface area (TPSA) is 78.1 Å². The maximum atomic E-state index is 10.7. The molecule has 0 aliphatic rings. The van der Waals surface area contributed by atoms with E-state index >= 15 is 0 Å². The van der Waals surface area contributed by atoms with Gasteiger partial charge in [0.05, 0.1) is 0 Å². The second kappa shape index (κ2) is 13.2. The molecule has 0 radical (unpaired) electrons. The van der Waals surface area contributed by atoms with Crippen molar-refractivity contribution in [3.63, 3.8) is 0 Å². The summed E-state index contributed by atoms with van der Waals surface area (Å²) in [6, 6.07) is 0. The second-order valence-electron chi connectivity index (χ2n) is 4.51. The van der Waals surface area contributed by atoms with Gasteiger partial charge in [-0.25, -0.2) is 0 Å². The van der Waals surface area contributed by atoms with Crippen LogP contribution in [0.3, 0.4) is 0 Å². The number of hydrogen-bond donors (Lipinski definition) is 2. The first-order valence-electron chi connectivity index (χ1n) is 6.65. The maximum absolute atomic E-state index is 10.7. The van der Waals surface area contributed by atoms with Crippen LogP contribution in [0.4, 0.5) is 0 Å². The lowest BCUT2D eigenvalue weighted by atomic mass is 10.1. The molecule has 0 aromatic rings. The molecule has 0 aliphatic carbocycles. The van der Waals surface area contributed by atoms with Crippen molar-refractivity contribution in [2.24, 2.45) is 5.73 Å². The average molecular weight is 242 g/mol. The van der Waals surface area contributed by atoms with Crippen LogP contribution in [0, 0.1) is 0 Å². The van der Waals surface area contributed by atoms with Crippen molar-refractivity contribution in [2.75, 3.05) is 0 Å². The summed E-state index contributed by atoms with van der Waals surface area (Å²) in [6.45, 7) is 4.03.